The van der Waals surface area contributed by atoms with Crippen molar-refractivity contribution >= 4 is 18.7 Å². The zero-order valence-electron chi connectivity index (χ0n) is 5.45. The Labute approximate surface area is 64.7 Å². The van der Waals surface area contributed by atoms with E-state index >= 15 is 0 Å². The molecule has 0 radical (unpaired) electrons. The molecular formula is C5H11NO3S. The van der Waals surface area contributed by atoms with Crippen LogP contribution in [0.5, 0.6) is 0 Å². The van der Waals surface area contributed by atoms with Crippen molar-refractivity contribution in [1.29, 1.82) is 0 Å². The van der Waals surface area contributed by atoms with Crippen molar-refractivity contribution in [3.05, 3.63) is 0 Å². The Kier molecular flexibility index (Phi) is 5.15. The molecule has 0 fully saturated rings. The first-order valence-electron chi connectivity index (χ1n) is 2.92. The number of aliphatic hydroxyl groups is 1. The molecule has 0 aliphatic rings. The van der Waals surface area contributed by atoms with E-state index in [9.17, 15) is 4.79 Å². The minimum Gasteiger partial charge on any atom is -0.465 e. The first-order valence-corrected chi connectivity index (χ1v) is 3.55. The zero-order chi connectivity index (χ0) is 7.98. The molecule has 3 N–H and O–H groups in total. The van der Waals surface area contributed by atoms with E-state index in [1.54, 1.807) is 0 Å². The minimum atomic E-state index is -1.11. The Balaban J connectivity index is 3.49. The van der Waals surface area contributed by atoms with E-state index in [-0.39, 0.29) is 12.6 Å². The van der Waals surface area contributed by atoms with Crippen molar-refractivity contribution in [3.63, 3.8) is 0 Å². The normalized spacial score (nSPS) is 12.6. The summed E-state index contributed by atoms with van der Waals surface area (Å²) in [5, 5.41) is 18.9. The fraction of sp³-hybridized carbons (Fsp3) is 0.800. The van der Waals surface area contributed by atoms with Gasteiger partial charge in [0.2, 0.25) is 0 Å². The summed E-state index contributed by atoms with van der Waals surface area (Å²) in [6.07, 6.45) is -0.563. The molecule has 0 aromatic carbocycles. The topological polar surface area (TPSA) is 69.6 Å². The van der Waals surface area contributed by atoms with Gasteiger partial charge in [0, 0.05) is 0 Å². The van der Waals surface area contributed by atoms with Crippen molar-refractivity contribution in [3.8, 4) is 0 Å². The van der Waals surface area contributed by atoms with Crippen LogP contribution >= 0.6 is 12.6 Å². The van der Waals surface area contributed by atoms with E-state index in [0.717, 1.165) is 0 Å². The molecule has 0 aromatic heterocycles. The van der Waals surface area contributed by atoms with Crippen LogP contribution in [0.25, 0.3) is 0 Å². The number of rotatable bonds is 4. The van der Waals surface area contributed by atoms with Crippen LogP contribution in [-0.4, -0.2) is 34.7 Å². The van der Waals surface area contributed by atoms with Crippen LogP contribution < -0.4 is 5.32 Å². The summed E-state index contributed by atoms with van der Waals surface area (Å²) < 4.78 is 0. The molecule has 0 rings (SSSR count). The highest BCUT2D eigenvalue weighted by Gasteiger charge is 2.07. The summed E-state index contributed by atoms with van der Waals surface area (Å²) >= 11 is 3.89. The predicted octanol–water partition coefficient (Wildman–Crippen LogP) is -0.0652. The van der Waals surface area contributed by atoms with Crippen LogP contribution in [-0.2, 0) is 0 Å². The second-order valence-corrected chi connectivity index (χ2v) is 2.29. The number of amides is 1. The van der Waals surface area contributed by atoms with E-state index in [1.807, 2.05) is 0 Å². The Morgan fingerprint density at radius 2 is 2.30 bits per heavy atom. The van der Waals surface area contributed by atoms with Crippen LogP contribution in [0.3, 0.4) is 0 Å². The average molecular weight is 165 g/mol. The van der Waals surface area contributed by atoms with Gasteiger partial charge in [-0.2, -0.15) is 12.6 Å². The third-order valence-corrected chi connectivity index (χ3v) is 1.28. The minimum absolute atomic E-state index is 0.174. The van der Waals surface area contributed by atoms with Crippen LogP contribution in [0.15, 0.2) is 0 Å². The number of nitrogens with one attached hydrogen (secondary N) is 1. The maximum Gasteiger partial charge on any atom is 0.404 e. The fourth-order valence-corrected chi connectivity index (χ4v) is 0.851. The summed E-state index contributed by atoms with van der Waals surface area (Å²) in [6.45, 7) is -0.174. The molecule has 1 atom stereocenters. The van der Waals surface area contributed by atoms with Crippen molar-refractivity contribution in [2.75, 3.05) is 12.4 Å². The van der Waals surface area contributed by atoms with Gasteiger partial charge in [-0.1, -0.05) is 0 Å². The molecule has 0 saturated heterocycles. The molecule has 0 aliphatic heterocycles. The van der Waals surface area contributed by atoms with Crippen molar-refractivity contribution in [2.24, 2.45) is 0 Å². The van der Waals surface area contributed by atoms with Gasteiger partial charge < -0.3 is 15.5 Å². The largest absolute Gasteiger partial charge is 0.465 e. The second kappa shape index (κ2) is 5.37. The third kappa shape index (κ3) is 4.46. The fourth-order valence-electron chi connectivity index (χ4n) is 0.540. The maximum atomic E-state index is 10.00. The Morgan fingerprint density at radius 3 is 2.60 bits per heavy atom. The lowest BCUT2D eigenvalue weighted by Crippen LogP contribution is -2.36. The Morgan fingerprint density at radius 1 is 1.70 bits per heavy atom. The molecular weight excluding hydrogens is 154 g/mol. The van der Waals surface area contributed by atoms with Crippen molar-refractivity contribution < 1.29 is 15.0 Å². The van der Waals surface area contributed by atoms with E-state index in [2.05, 4.69) is 17.9 Å². The van der Waals surface area contributed by atoms with Crippen LogP contribution in [0.2, 0.25) is 0 Å². The molecule has 4 nitrogen and oxygen atoms in total. The first kappa shape index (κ1) is 9.58. The highest BCUT2D eigenvalue weighted by Crippen LogP contribution is 1.92. The molecule has 0 bridgehead atoms. The van der Waals surface area contributed by atoms with Gasteiger partial charge in [-0.25, -0.2) is 4.79 Å². The molecule has 0 aromatic rings. The quantitative estimate of drug-likeness (QED) is 0.441. The number of hydrogen-bond donors (Lipinski definition) is 4. The summed E-state index contributed by atoms with van der Waals surface area (Å²) in [5.74, 6) is 0.561. The highest BCUT2D eigenvalue weighted by molar-refractivity contribution is 7.80. The lowest BCUT2D eigenvalue weighted by Gasteiger charge is -2.11. The van der Waals surface area contributed by atoms with Gasteiger partial charge in [0.1, 0.15) is 0 Å². The molecule has 60 valence electrons. The van der Waals surface area contributed by atoms with E-state index in [1.165, 1.54) is 0 Å². The lowest BCUT2D eigenvalue weighted by molar-refractivity contribution is 0.176. The van der Waals surface area contributed by atoms with Gasteiger partial charge in [0.25, 0.3) is 0 Å². The molecule has 1 amide bonds. The van der Waals surface area contributed by atoms with Gasteiger partial charge in [0.15, 0.2) is 0 Å². The number of carbonyl (C=O) groups is 1. The lowest BCUT2D eigenvalue weighted by atomic mass is 10.2. The molecule has 0 heterocycles. The standard InChI is InChI=1S/C5H11NO3S/c7-3-4(1-2-10)6-5(8)9/h4,6-7,10H,1-3H2,(H,8,9)/t4-/m1/s1. The summed E-state index contributed by atoms with van der Waals surface area (Å²) in [7, 11) is 0. The molecule has 5 heteroatoms. The van der Waals surface area contributed by atoms with Gasteiger partial charge in [0.05, 0.1) is 12.6 Å². The monoisotopic (exact) mass is 165 g/mol. The van der Waals surface area contributed by atoms with Gasteiger partial charge in [-0.3, -0.25) is 0 Å². The van der Waals surface area contributed by atoms with Crippen LogP contribution in [0.4, 0.5) is 4.79 Å². The highest BCUT2D eigenvalue weighted by atomic mass is 32.1. The zero-order valence-corrected chi connectivity index (χ0v) is 6.34. The molecule has 0 spiro atoms. The summed E-state index contributed by atoms with van der Waals surface area (Å²) in [4.78, 5) is 10.00. The molecule has 0 unspecified atom stereocenters. The van der Waals surface area contributed by atoms with Crippen molar-refractivity contribution in [2.45, 2.75) is 12.5 Å². The Hall–Kier alpha value is -0.420. The smallest absolute Gasteiger partial charge is 0.404 e. The SMILES string of the molecule is O=C(O)N[C@@H](CO)CCS. The number of thiol groups is 1. The van der Waals surface area contributed by atoms with E-state index in [0.29, 0.717) is 12.2 Å². The van der Waals surface area contributed by atoms with Crippen molar-refractivity contribution in [1.82, 2.24) is 5.32 Å². The van der Waals surface area contributed by atoms with Gasteiger partial charge in [-0.05, 0) is 12.2 Å². The van der Waals surface area contributed by atoms with Gasteiger partial charge in [-0.15, -0.1) is 0 Å². The summed E-state index contributed by atoms with van der Waals surface area (Å²) in [6, 6.07) is -0.380. The molecule has 10 heavy (non-hydrogen) atoms. The number of hydrogen-bond acceptors (Lipinski definition) is 3. The number of aliphatic hydroxyl groups excluding tert-OH is 1. The maximum absolute atomic E-state index is 10.00. The van der Waals surface area contributed by atoms with Gasteiger partial charge >= 0.3 is 6.09 Å². The van der Waals surface area contributed by atoms with Crippen LogP contribution in [0, 0.1) is 0 Å². The van der Waals surface area contributed by atoms with Crippen LogP contribution in [0.1, 0.15) is 6.42 Å². The average Bonchev–Trinajstić information content (AvgIpc) is 1.86. The van der Waals surface area contributed by atoms with E-state index < -0.39 is 6.09 Å². The Bertz CT molecular complexity index is 109. The first-order chi connectivity index (χ1) is 4.70. The predicted molar refractivity (Wildman–Crippen MR) is 40.5 cm³/mol. The second-order valence-electron chi connectivity index (χ2n) is 1.84. The summed E-state index contributed by atoms with van der Waals surface area (Å²) in [5.41, 5.74) is 0. The molecule has 0 saturated carbocycles. The number of carboxylic acid groups (broad SMARTS) is 1. The third-order valence-electron chi connectivity index (χ3n) is 1.03. The molecule has 0 aliphatic carbocycles. The van der Waals surface area contributed by atoms with E-state index in [4.69, 9.17) is 10.2 Å².